The number of rotatable bonds is 3. The second-order valence-electron chi connectivity index (χ2n) is 4.06. The van der Waals surface area contributed by atoms with Crippen molar-refractivity contribution in [3.8, 4) is 0 Å². The third-order valence-electron chi connectivity index (χ3n) is 2.62. The number of anilines is 1. The Morgan fingerprint density at radius 3 is 2.65 bits per heavy atom. The second kappa shape index (κ2) is 5.28. The maximum absolute atomic E-state index is 12.7. The lowest BCUT2D eigenvalue weighted by Crippen LogP contribution is -2.23. The zero-order chi connectivity index (χ0) is 14.8. The molecule has 0 bridgehead atoms. The first-order chi connectivity index (χ1) is 9.38. The summed E-state index contributed by atoms with van der Waals surface area (Å²) in [5.41, 5.74) is 3.71. The second-order valence-corrected chi connectivity index (χ2v) is 4.06. The lowest BCUT2D eigenvalue weighted by Gasteiger charge is -2.11. The van der Waals surface area contributed by atoms with Gasteiger partial charge in [-0.15, -0.1) is 0 Å². The molecule has 0 aliphatic rings. The molecule has 0 saturated carbocycles. The van der Waals surface area contributed by atoms with Gasteiger partial charge in [-0.25, -0.2) is 0 Å². The van der Waals surface area contributed by atoms with Gasteiger partial charge in [0, 0.05) is 11.3 Å². The van der Waals surface area contributed by atoms with E-state index in [0.717, 1.165) is 12.1 Å². The lowest BCUT2D eigenvalue weighted by atomic mass is 10.1. The van der Waals surface area contributed by atoms with E-state index in [-0.39, 0.29) is 12.1 Å². The van der Waals surface area contributed by atoms with Gasteiger partial charge in [0.1, 0.15) is 5.76 Å². The van der Waals surface area contributed by atoms with Crippen LogP contribution >= 0.6 is 0 Å². The number of nitrogens with two attached hydrogens (primary N) is 1. The topological polar surface area (TPSA) is 68.3 Å². The molecule has 106 valence electrons. The summed E-state index contributed by atoms with van der Waals surface area (Å²) in [6, 6.07) is 6.32. The molecule has 4 nitrogen and oxygen atoms in total. The van der Waals surface area contributed by atoms with Crippen molar-refractivity contribution in [1.82, 2.24) is 5.32 Å². The van der Waals surface area contributed by atoms with Crippen LogP contribution in [0.25, 0.3) is 0 Å². The van der Waals surface area contributed by atoms with Gasteiger partial charge in [0.2, 0.25) is 0 Å². The first-order valence-corrected chi connectivity index (χ1v) is 5.65. The highest BCUT2D eigenvalue weighted by Gasteiger charge is 2.33. The van der Waals surface area contributed by atoms with E-state index < -0.39 is 23.3 Å². The molecule has 0 fully saturated rings. The summed E-state index contributed by atoms with van der Waals surface area (Å²) in [6.45, 7) is 0.0948. The molecule has 0 unspecified atom stereocenters. The van der Waals surface area contributed by atoms with Crippen molar-refractivity contribution in [3.05, 3.63) is 53.5 Å². The minimum absolute atomic E-state index is 0.0948. The predicted molar refractivity (Wildman–Crippen MR) is 65.7 cm³/mol. The maximum Gasteiger partial charge on any atom is 0.418 e. The van der Waals surface area contributed by atoms with Gasteiger partial charge in [0.05, 0.1) is 18.4 Å². The van der Waals surface area contributed by atoms with Gasteiger partial charge >= 0.3 is 6.18 Å². The van der Waals surface area contributed by atoms with Crippen LogP contribution in [0.15, 0.2) is 41.0 Å². The van der Waals surface area contributed by atoms with E-state index in [4.69, 9.17) is 10.2 Å². The molecule has 20 heavy (non-hydrogen) atoms. The molecule has 1 aromatic heterocycles. The average molecular weight is 284 g/mol. The molecule has 0 aliphatic carbocycles. The van der Waals surface area contributed by atoms with E-state index in [2.05, 4.69) is 5.32 Å². The van der Waals surface area contributed by atoms with Crippen molar-refractivity contribution in [2.45, 2.75) is 12.7 Å². The van der Waals surface area contributed by atoms with Gasteiger partial charge in [-0.1, -0.05) is 0 Å². The Hall–Kier alpha value is -2.44. The van der Waals surface area contributed by atoms with Crippen molar-refractivity contribution in [2.24, 2.45) is 0 Å². The third kappa shape index (κ3) is 3.11. The number of alkyl halides is 3. The number of hydrogen-bond donors (Lipinski definition) is 2. The number of carbonyl (C=O) groups is 1. The van der Waals surface area contributed by atoms with Gasteiger partial charge < -0.3 is 15.5 Å². The number of amides is 1. The van der Waals surface area contributed by atoms with Crippen molar-refractivity contribution in [2.75, 3.05) is 5.73 Å². The quantitative estimate of drug-likeness (QED) is 0.852. The van der Waals surface area contributed by atoms with Crippen molar-refractivity contribution in [1.29, 1.82) is 0 Å². The third-order valence-corrected chi connectivity index (χ3v) is 2.62. The Morgan fingerprint density at radius 2 is 2.05 bits per heavy atom. The number of benzene rings is 1. The van der Waals surface area contributed by atoms with Crippen LogP contribution in [0.4, 0.5) is 18.9 Å². The number of nitrogen functional groups attached to an aromatic ring is 1. The summed E-state index contributed by atoms with van der Waals surface area (Å²) < 4.78 is 43.0. The lowest BCUT2D eigenvalue weighted by molar-refractivity contribution is -0.136. The largest absolute Gasteiger partial charge is 0.467 e. The molecule has 2 aromatic rings. The predicted octanol–water partition coefficient (Wildman–Crippen LogP) is 2.81. The number of furan rings is 1. The van der Waals surface area contributed by atoms with Crippen LogP contribution in [0, 0.1) is 0 Å². The van der Waals surface area contributed by atoms with Crippen LogP contribution in [0.3, 0.4) is 0 Å². The van der Waals surface area contributed by atoms with E-state index in [0.29, 0.717) is 5.76 Å². The fourth-order valence-corrected chi connectivity index (χ4v) is 1.63. The van der Waals surface area contributed by atoms with Crippen molar-refractivity contribution >= 4 is 11.6 Å². The van der Waals surface area contributed by atoms with Crippen LogP contribution in [0.5, 0.6) is 0 Å². The SMILES string of the molecule is Nc1ccc(C(=O)NCc2ccco2)cc1C(F)(F)F. The molecule has 1 heterocycles. The van der Waals surface area contributed by atoms with Crippen molar-refractivity contribution in [3.63, 3.8) is 0 Å². The van der Waals surface area contributed by atoms with Crippen LogP contribution in [0.2, 0.25) is 0 Å². The normalized spacial score (nSPS) is 11.3. The molecule has 0 aliphatic heterocycles. The minimum Gasteiger partial charge on any atom is -0.467 e. The van der Waals surface area contributed by atoms with Crippen molar-refractivity contribution < 1.29 is 22.4 Å². The number of hydrogen-bond acceptors (Lipinski definition) is 3. The van der Waals surface area contributed by atoms with E-state index in [1.165, 1.54) is 12.3 Å². The van der Waals surface area contributed by atoms with Crippen LogP contribution in [-0.2, 0) is 12.7 Å². The molecule has 7 heteroatoms. The summed E-state index contributed by atoms with van der Waals surface area (Å²) in [7, 11) is 0. The molecule has 0 saturated heterocycles. The van der Waals surface area contributed by atoms with E-state index in [9.17, 15) is 18.0 Å². The Kier molecular flexibility index (Phi) is 3.69. The highest BCUT2D eigenvalue weighted by atomic mass is 19.4. The minimum atomic E-state index is -4.60. The molecule has 2 rings (SSSR count). The first-order valence-electron chi connectivity index (χ1n) is 5.65. The van der Waals surface area contributed by atoms with Crippen LogP contribution in [0.1, 0.15) is 21.7 Å². The average Bonchev–Trinajstić information content (AvgIpc) is 2.88. The molecule has 1 amide bonds. The van der Waals surface area contributed by atoms with Gasteiger partial charge in [-0.05, 0) is 30.3 Å². The molecule has 0 atom stereocenters. The summed E-state index contributed by atoms with van der Waals surface area (Å²) >= 11 is 0. The molecule has 0 radical (unpaired) electrons. The molecule has 1 aromatic carbocycles. The van der Waals surface area contributed by atoms with Crippen LogP contribution < -0.4 is 11.1 Å². The smallest absolute Gasteiger partial charge is 0.418 e. The fourth-order valence-electron chi connectivity index (χ4n) is 1.63. The Labute approximate surface area is 112 Å². The van der Waals surface area contributed by atoms with Gasteiger partial charge in [0.15, 0.2) is 0 Å². The van der Waals surface area contributed by atoms with Gasteiger partial charge in [0.25, 0.3) is 5.91 Å². The molecule has 3 N–H and O–H groups in total. The molecular formula is C13H11F3N2O2. The van der Waals surface area contributed by atoms with E-state index >= 15 is 0 Å². The number of halogens is 3. The Morgan fingerprint density at radius 1 is 1.30 bits per heavy atom. The van der Waals surface area contributed by atoms with E-state index in [1.807, 2.05) is 0 Å². The van der Waals surface area contributed by atoms with E-state index in [1.54, 1.807) is 12.1 Å². The van der Waals surface area contributed by atoms with Gasteiger partial charge in [-0.2, -0.15) is 13.2 Å². The molecule has 0 spiro atoms. The highest BCUT2D eigenvalue weighted by Crippen LogP contribution is 2.33. The zero-order valence-corrected chi connectivity index (χ0v) is 10.2. The fraction of sp³-hybridized carbons (Fsp3) is 0.154. The Balaban J connectivity index is 2.14. The molecular weight excluding hydrogens is 273 g/mol. The first kappa shape index (κ1) is 14.0. The number of nitrogens with one attached hydrogen (secondary N) is 1. The highest BCUT2D eigenvalue weighted by molar-refractivity contribution is 5.94. The zero-order valence-electron chi connectivity index (χ0n) is 10.2. The summed E-state index contributed by atoms with van der Waals surface area (Å²) in [5, 5.41) is 2.46. The monoisotopic (exact) mass is 284 g/mol. The maximum atomic E-state index is 12.7. The van der Waals surface area contributed by atoms with Gasteiger partial charge in [-0.3, -0.25) is 4.79 Å². The number of carbonyl (C=O) groups excluding carboxylic acids is 1. The summed E-state index contributed by atoms with van der Waals surface area (Å²) in [6.07, 6.45) is -3.16. The Bertz CT molecular complexity index is 607. The standard InChI is InChI=1S/C13H11F3N2O2/c14-13(15,16)10-6-8(3-4-11(10)17)12(19)18-7-9-2-1-5-20-9/h1-6H,7,17H2,(H,18,19). The summed E-state index contributed by atoms with van der Waals surface area (Å²) in [5.74, 6) is -0.128. The summed E-state index contributed by atoms with van der Waals surface area (Å²) in [4.78, 5) is 11.8. The van der Waals surface area contributed by atoms with Crippen LogP contribution in [-0.4, -0.2) is 5.91 Å².